The van der Waals surface area contributed by atoms with Gasteiger partial charge in [0.15, 0.2) is 5.78 Å². The molecule has 0 bridgehead atoms. The Morgan fingerprint density at radius 1 is 1.45 bits per heavy atom. The van der Waals surface area contributed by atoms with Crippen LogP contribution < -0.4 is 0 Å². The quantitative estimate of drug-likeness (QED) is 0.773. The van der Waals surface area contributed by atoms with Gasteiger partial charge in [0.1, 0.15) is 0 Å². The lowest BCUT2D eigenvalue weighted by Gasteiger charge is -2.06. The van der Waals surface area contributed by atoms with Gasteiger partial charge >= 0.3 is 0 Å². The van der Waals surface area contributed by atoms with Gasteiger partial charge < -0.3 is 0 Å². The summed E-state index contributed by atoms with van der Waals surface area (Å²) in [6.45, 7) is 3.93. The maximum Gasteiger partial charge on any atom is 0.169 e. The number of halogens is 2. The second-order valence-corrected chi connectivity index (χ2v) is 6.04. The van der Waals surface area contributed by atoms with Crippen LogP contribution in [0.1, 0.15) is 34.2 Å². The number of aromatic nitrogens is 2. The fourth-order valence-corrected chi connectivity index (χ4v) is 3.04. The molecule has 2 aromatic rings. The molecule has 1 aromatic heterocycles. The molecule has 0 fully saturated rings. The molecule has 0 atom stereocenters. The van der Waals surface area contributed by atoms with E-state index in [4.69, 9.17) is 11.6 Å². The highest BCUT2D eigenvalue weighted by Crippen LogP contribution is 2.23. The van der Waals surface area contributed by atoms with Crippen molar-refractivity contribution >= 4 is 33.3 Å². The van der Waals surface area contributed by atoms with Crippen LogP contribution in [-0.2, 0) is 19.9 Å². The number of hydrogen-bond acceptors (Lipinski definition) is 2. The SMILES string of the molecule is CCc1nn(C)c(CC(=O)c2ccc(Br)cc2C)c1Cl. The van der Waals surface area contributed by atoms with Gasteiger partial charge in [0.05, 0.1) is 22.8 Å². The molecule has 1 aromatic carbocycles. The molecule has 0 saturated carbocycles. The first-order valence-electron chi connectivity index (χ1n) is 6.43. The second kappa shape index (κ2) is 6.10. The van der Waals surface area contributed by atoms with Crippen molar-refractivity contribution < 1.29 is 4.79 Å². The van der Waals surface area contributed by atoms with E-state index in [9.17, 15) is 4.79 Å². The van der Waals surface area contributed by atoms with Crippen LogP contribution in [0.2, 0.25) is 5.02 Å². The molecule has 3 nitrogen and oxygen atoms in total. The number of aryl methyl sites for hydroxylation is 3. The molecule has 0 radical (unpaired) electrons. The lowest BCUT2D eigenvalue weighted by molar-refractivity contribution is 0.0990. The Morgan fingerprint density at radius 3 is 2.70 bits per heavy atom. The first-order chi connectivity index (χ1) is 9.43. The molecular weight excluding hydrogens is 340 g/mol. The van der Waals surface area contributed by atoms with Crippen LogP contribution in [0, 0.1) is 6.92 Å². The Balaban J connectivity index is 2.30. The normalized spacial score (nSPS) is 10.8. The maximum atomic E-state index is 12.4. The summed E-state index contributed by atoms with van der Waals surface area (Å²) in [5.41, 5.74) is 3.29. The molecule has 0 aliphatic rings. The van der Waals surface area contributed by atoms with E-state index in [2.05, 4.69) is 21.0 Å². The molecular formula is C15H16BrClN2O. The standard InChI is InChI=1S/C15H16BrClN2O/c1-4-12-15(17)13(19(3)18-12)8-14(20)11-6-5-10(16)7-9(11)2/h5-7H,4,8H2,1-3H3. The minimum absolute atomic E-state index is 0.0579. The minimum atomic E-state index is 0.0579. The first-order valence-corrected chi connectivity index (χ1v) is 7.60. The number of benzene rings is 1. The molecule has 0 amide bonds. The van der Waals surface area contributed by atoms with Crippen molar-refractivity contribution in [2.24, 2.45) is 7.05 Å². The Hall–Kier alpha value is -1.13. The van der Waals surface area contributed by atoms with Gasteiger partial charge in [-0.1, -0.05) is 40.5 Å². The predicted octanol–water partition coefficient (Wildman–Crippen LogP) is 4.13. The first kappa shape index (κ1) is 15.3. The molecule has 106 valence electrons. The third-order valence-corrected chi connectivity index (χ3v) is 4.25. The summed E-state index contributed by atoms with van der Waals surface area (Å²) in [6, 6.07) is 5.66. The predicted molar refractivity (Wildman–Crippen MR) is 84.5 cm³/mol. The number of rotatable bonds is 4. The number of Topliss-reactive ketones (excluding diaryl/α,β-unsaturated/α-hetero) is 1. The van der Waals surface area contributed by atoms with E-state index < -0.39 is 0 Å². The third-order valence-electron chi connectivity index (χ3n) is 3.32. The van der Waals surface area contributed by atoms with E-state index in [1.54, 1.807) is 4.68 Å². The summed E-state index contributed by atoms with van der Waals surface area (Å²) in [4.78, 5) is 12.4. The largest absolute Gasteiger partial charge is 0.294 e. The molecule has 0 aliphatic heterocycles. The zero-order chi connectivity index (χ0) is 14.9. The van der Waals surface area contributed by atoms with E-state index >= 15 is 0 Å². The van der Waals surface area contributed by atoms with Crippen molar-refractivity contribution in [2.75, 3.05) is 0 Å². The molecule has 0 N–H and O–H groups in total. The van der Waals surface area contributed by atoms with Gasteiger partial charge in [-0.05, 0) is 31.0 Å². The Morgan fingerprint density at radius 2 is 2.15 bits per heavy atom. The van der Waals surface area contributed by atoms with Crippen LogP contribution in [0.3, 0.4) is 0 Å². The van der Waals surface area contributed by atoms with Crippen LogP contribution in [0.4, 0.5) is 0 Å². The molecule has 1 heterocycles. The summed E-state index contributed by atoms with van der Waals surface area (Å²) in [5.74, 6) is 0.0579. The highest BCUT2D eigenvalue weighted by molar-refractivity contribution is 9.10. The van der Waals surface area contributed by atoms with E-state index in [0.717, 1.165) is 33.4 Å². The Kier molecular flexibility index (Phi) is 4.66. The van der Waals surface area contributed by atoms with Crippen LogP contribution in [0.5, 0.6) is 0 Å². The molecule has 2 rings (SSSR count). The highest BCUT2D eigenvalue weighted by Gasteiger charge is 2.18. The Labute approximate surface area is 132 Å². The number of hydrogen-bond donors (Lipinski definition) is 0. The van der Waals surface area contributed by atoms with Crippen molar-refractivity contribution in [1.29, 1.82) is 0 Å². The molecule has 0 unspecified atom stereocenters. The summed E-state index contributed by atoms with van der Waals surface area (Å²) in [7, 11) is 1.82. The average molecular weight is 356 g/mol. The lowest BCUT2D eigenvalue weighted by atomic mass is 10.0. The number of nitrogens with zero attached hydrogens (tertiary/aromatic N) is 2. The van der Waals surface area contributed by atoms with Gasteiger partial charge in [-0.15, -0.1) is 0 Å². The molecule has 0 saturated heterocycles. The van der Waals surface area contributed by atoms with Crippen molar-refractivity contribution in [2.45, 2.75) is 26.7 Å². The minimum Gasteiger partial charge on any atom is -0.294 e. The summed E-state index contributed by atoms with van der Waals surface area (Å²) in [6.07, 6.45) is 1.03. The summed E-state index contributed by atoms with van der Waals surface area (Å²) in [5, 5.41) is 4.95. The van der Waals surface area contributed by atoms with Crippen molar-refractivity contribution in [3.63, 3.8) is 0 Å². The van der Waals surface area contributed by atoms with E-state index in [-0.39, 0.29) is 12.2 Å². The van der Waals surface area contributed by atoms with Gasteiger partial charge in [-0.25, -0.2) is 0 Å². The van der Waals surface area contributed by atoms with E-state index in [1.807, 2.05) is 39.1 Å². The van der Waals surface area contributed by atoms with Gasteiger partial charge in [0, 0.05) is 17.1 Å². The number of carbonyl (C=O) groups is 1. The van der Waals surface area contributed by atoms with E-state index in [0.29, 0.717) is 5.02 Å². The van der Waals surface area contributed by atoms with Crippen molar-refractivity contribution in [3.8, 4) is 0 Å². The van der Waals surface area contributed by atoms with Gasteiger partial charge in [-0.2, -0.15) is 5.10 Å². The van der Waals surface area contributed by atoms with Crippen LogP contribution in [-0.4, -0.2) is 15.6 Å². The second-order valence-electron chi connectivity index (χ2n) is 4.74. The average Bonchev–Trinajstić information content (AvgIpc) is 2.66. The smallest absolute Gasteiger partial charge is 0.169 e. The summed E-state index contributed by atoms with van der Waals surface area (Å²) >= 11 is 9.68. The van der Waals surface area contributed by atoms with Crippen molar-refractivity contribution in [1.82, 2.24) is 9.78 Å². The fraction of sp³-hybridized carbons (Fsp3) is 0.333. The summed E-state index contributed by atoms with van der Waals surface area (Å²) < 4.78 is 2.67. The maximum absolute atomic E-state index is 12.4. The lowest BCUT2D eigenvalue weighted by Crippen LogP contribution is -2.09. The van der Waals surface area contributed by atoms with Crippen LogP contribution in [0.25, 0.3) is 0 Å². The molecule has 20 heavy (non-hydrogen) atoms. The highest BCUT2D eigenvalue weighted by atomic mass is 79.9. The molecule has 5 heteroatoms. The Bertz CT molecular complexity index is 664. The zero-order valence-electron chi connectivity index (χ0n) is 11.7. The van der Waals surface area contributed by atoms with Crippen LogP contribution in [0.15, 0.2) is 22.7 Å². The van der Waals surface area contributed by atoms with Gasteiger partial charge in [-0.3, -0.25) is 9.48 Å². The molecule has 0 spiro atoms. The fourth-order valence-electron chi connectivity index (χ4n) is 2.20. The molecule has 0 aliphatic carbocycles. The third kappa shape index (κ3) is 2.96. The van der Waals surface area contributed by atoms with Crippen LogP contribution >= 0.6 is 27.5 Å². The number of carbonyl (C=O) groups excluding carboxylic acids is 1. The van der Waals surface area contributed by atoms with E-state index in [1.165, 1.54) is 0 Å². The van der Waals surface area contributed by atoms with Gasteiger partial charge in [0.25, 0.3) is 0 Å². The monoisotopic (exact) mass is 354 g/mol. The number of ketones is 1. The topological polar surface area (TPSA) is 34.9 Å². The van der Waals surface area contributed by atoms with Gasteiger partial charge in [0.2, 0.25) is 0 Å². The van der Waals surface area contributed by atoms with Crippen molar-refractivity contribution in [3.05, 3.63) is 50.2 Å². The zero-order valence-corrected chi connectivity index (χ0v) is 14.0.